The average Bonchev–Trinajstić information content (AvgIpc) is 2.33. The summed E-state index contributed by atoms with van der Waals surface area (Å²) < 4.78 is 1.63. The summed E-state index contributed by atoms with van der Waals surface area (Å²) in [6.07, 6.45) is 0. The molecule has 0 bridgehead atoms. The summed E-state index contributed by atoms with van der Waals surface area (Å²) in [5.74, 6) is -0.340. The highest BCUT2D eigenvalue weighted by Crippen LogP contribution is 2.25. The normalized spacial score (nSPS) is 12.2. The van der Waals surface area contributed by atoms with Crippen LogP contribution in [0.5, 0.6) is 5.75 Å². The van der Waals surface area contributed by atoms with Crippen molar-refractivity contribution in [2.45, 2.75) is 32.5 Å². The molecule has 0 radical (unpaired) electrons. The van der Waals surface area contributed by atoms with Crippen LogP contribution in [0.15, 0.2) is 10.9 Å². The first-order valence-electron chi connectivity index (χ1n) is 6.08. The van der Waals surface area contributed by atoms with E-state index in [1.165, 1.54) is 6.07 Å². The summed E-state index contributed by atoms with van der Waals surface area (Å²) in [6.45, 7) is 3.37. The van der Waals surface area contributed by atoms with Crippen molar-refractivity contribution >= 4 is 0 Å². The van der Waals surface area contributed by atoms with Gasteiger partial charge in [0.2, 0.25) is 5.43 Å². The Morgan fingerprint density at radius 3 is 2.32 bits per heavy atom. The van der Waals surface area contributed by atoms with Crippen LogP contribution in [0.3, 0.4) is 0 Å². The molecular weight excluding hydrogens is 248 g/mol. The van der Waals surface area contributed by atoms with E-state index < -0.39 is 11.0 Å². The first kappa shape index (κ1) is 15.7. The van der Waals surface area contributed by atoms with Crippen molar-refractivity contribution in [2.24, 2.45) is 0 Å². The number of aromatic nitrogens is 1. The molecule has 0 saturated carbocycles. The zero-order valence-electron chi connectivity index (χ0n) is 11.8. The van der Waals surface area contributed by atoms with Gasteiger partial charge in [-0.1, -0.05) is 0 Å². The van der Waals surface area contributed by atoms with Gasteiger partial charge < -0.3 is 24.8 Å². The van der Waals surface area contributed by atoms with Gasteiger partial charge in [-0.15, -0.1) is 0 Å². The zero-order valence-corrected chi connectivity index (χ0v) is 11.8. The summed E-state index contributed by atoms with van der Waals surface area (Å²) in [7, 11) is 3.62. The molecule has 0 aliphatic rings. The second-order valence-corrected chi connectivity index (χ2v) is 5.50. The van der Waals surface area contributed by atoms with E-state index in [-0.39, 0.29) is 19.0 Å². The Labute approximate surface area is 112 Å². The Hall–Kier alpha value is -1.37. The highest BCUT2D eigenvalue weighted by molar-refractivity contribution is 5.31. The molecule has 0 unspecified atom stereocenters. The van der Waals surface area contributed by atoms with Crippen LogP contribution in [0.1, 0.15) is 25.2 Å². The predicted molar refractivity (Wildman–Crippen MR) is 72.1 cm³/mol. The summed E-state index contributed by atoms with van der Waals surface area (Å²) in [5.41, 5.74) is -0.487. The summed E-state index contributed by atoms with van der Waals surface area (Å²) in [4.78, 5) is 13.5. The van der Waals surface area contributed by atoms with Gasteiger partial charge in [0.1, 0.15) is 0 Å². The van der Waals surface area contributed by atoms with E-state index in [0.29, 0.717) is 17.9 Å². The maximum absolute atomic E-state index is 11.7. The zero-order chi connectivity index (χ0) is 14.8. The standard InChI is InChI=1S/C13H22N2O4/c1-13(2,8-17)15-9(7-16)5-11(18)12(19)10(15)6-14(3)4/h5,16-17,19H,6-8H2,1-4H3. The number of aliphatic hydroxyl groups is 2. The van der Waals surface area contributed by atoms with Gasteiger partial charge in [0.05, 0.1) is 24.4 Å². The van der Waals surface area contributed by atoms with Crippen LogP contribution in [0.25, 0.3) is 0 Å². The molecule has 0 aliphatic carbocycles. The lowest BCUT2D eigenvalue weighted by molar-refractivity contribution is 0.145. The van der Waals surface area contributed by atoms with Gasteiger partial charge in [-0.3, -0.25) is 4.79 Å². The molecule has 6 nitrogen and oxygen atoms in total. The molecule has 0 amide bonds. The second-order valence-electron chi connectivity index (χ2n) is 5.50. The highest BCUT2D eigenvalue weighted by atomic mass is 16.3. The fourth-order valence-corrected chi connectivity index (χ4v) is 2.09. The monoisotopic (exact) mass is 270 g/mol. The molecule has 0 aliphatic heterocycles. The van der Waals surface area contributed by atoms with Crippen LogP contribution in [-0.4, -0.2) is 45.5 Å². The number of hydrogen-bond acceptors (Lipinski definition) is 5. The second kappa shape index (κ2) is 5.73. The third kappa shape index (κ3) is 3.15. The third-order valence-electron chi connectivity index (χ3n) is 2.98. The Kier molecular flexibility index (Phi) is 4.73. The van der Waals surface area contributed by atoms with Crippen molar-refractivity contribution in [1.82, 2.24) is 9.47 Å². The van der Waals surface area contributed by atoms with E-state index >= 15 is 0 Å². The van der Waals surface area contributed by atoms with Crippen LogP contribution in [0.4, 0.5) is 0 Å². The fraction of sp³-hybridized carbons (Fsp3) is 0.615. The summed E-state index contributed by atoms with van der Waals surface area (Å²) >= 11 is 0. The van der Waals surface area contributed by atoms with E-state index in [9.17, 15) is 20.1 Å². The Balaban J connectivity index is 3.64. The van der Waals surface area contributed by atoms with Crippen LogP contribution >= 0.6 is 0 Å². The highest BCUT2D eigenvalue weighted by Gasteiger charge is 2.26. The molecule has 19 heavy (non-hydrogen) atoms. The lowest BCUT2D eigenvalue weighted by atomic mass is 10.0. The fourth-order valence-electron chi connectivity index (χ4n) is 2.09. The molecule has 1 rings (SSSR count). The van der Waals surface area contributed by atoms with Gasteiger partial charge in [0.25, 0.3) is 0 Å². The Morgan fingerprint density at radius 2 is 1.89 bits per heavy atom. The minimum Gasteiger partial charge on any atom is -0.503 e. The minimum atomic E-state index is -0.728. The van der Waals surface area contributed by atoms with E-state index in [1.807, 2.05) is 14.1 Å². The number of pyridine rings is 1. The molecule has 0 atom stereocenters. The van der Waals surface area contributed by atoms with Gasteiger partial charge in [-0.2, -0.15) is 0 Å². The van der Waals surface area contributed by atoms with Gasteiger partial charge in [-0.05, 0) is 27.9 Å². The van der Waals surface area contributed by atoms with Crippen LogP contribution in [0.2, 0.25) is 0 Å². The molecule has 0 saturated heterocycles. The van der Waals surface area contributed by atoms with E-state index in [2.05, 4.69) is 0 Å². The van der Waals surface area contributed by atoms with Crippen molar-refractivity contribution in [2.75, 3.05) is 20.7 Å². The molecule has 6 heteroatoms. The largest absolute Gasteiger partial charge is 0.503 e. The number of aliphatic hydroxyl groups excluding tert-OH is 2. The Bertz CT molecular complexity index is 506. The van der Waals surface area contributed by atoms with E-state index in [0.717, 1.165) is 0 Å². The maximum atomic E-state index is 11.7. The van der Waals surface area contributed by atoms with Gasteiger partial charge >= 0.3 is 0 Å². The number of rotatable bonds is 5. The van der Waals surface area contributed by atoms with Crippen LogP contribution < -0.4 is 5.43 Å². The smallest absolute Gasteiger partial charge is 0.223 e. The molecule has 1 aromatic heterocycles. The van der Waals surface area contributed by atoms with Crippen molar-refractivity contribution in [3.8, 4) is 5.75 Å². The molecule has 3 N–H and O–H groups in total. The summed E-state index contributed by atoms with van der Waals surface area (Å²) in [6, 6.07) is 1.20. The van der Waals surface area contributed by atoms with Gasteiger partial charge in [0, 0.05) is 18.3 Å². The third-order valence-corrected chi connectivity index (χ3v) is 2.98. The van der Waals surface area contributed by atoms with Crippen LogP contribution in [0, 0.1) is 0 Å². The first-order valence-corrected chi connectivity index (χ1v) is 6.08. The molecule has 0 fully saturated rings. The maximum Gasteiger partial charge on any atom is 0.223 e. The lowest BCUT2D eigenvalue weighted by Crippen LogP contribution is -2.37. The lowest BCUT2D eigenvalue weighted by Gasteiger charge is -2.33. The molecular formula is C13H22N2O4. The van der Waals surface area contributed by atoms with Crippen molar-refractivity contribution in [3.05, 3.63) is 27.7 Å². The average molecular weight is 270 g/mol. The SMILES string of the molecule is CN(C)Cc1c(O)c(=O)cc(CO)n1C(C)(C)CO. The summed E-state index contributed by atoms with van der Waals surface area (Å²) in [5, 5.41) is 28.9. The van der Waals surface area contributed by atoms with E-state index in [4.69, 9.17) is 0 Å². The molecule has 0 spiro atoms. The molecule has 1 heterocycles. The topological polar surface area (TPSA) is 85.9 Å². The number of nitrogens with zero attached hydrogens (tertiary/aromatic N) is 2. The molecule has 108 valence electrons. The Morgan fingerprint density at radius 1 is 1.32 bits per heavy atom. The minimum absolute atomic E-state index is 0.178. The quantitative estimate of drug-likeness (QED) is 0.692. The van der Waals surface area contributed by atoms with Crippen LogP contribution in [-0.2, 0) is 18.7 Å². The van der Waals surface area contributed by atoms with Gasteiger partial charge in [-0.25, -0.2) is 0 Å². The number of hydrogen-bond donors (Lipinski definition) is 3. The van der Waals surface area contributed by atoms with Crippen molar-refractivity contribution < 1.29 is 15.3 Å². The molecule has 1 aromatic rings. The predicted octanol–water partition coefficient (Wildman–Crippen LogP) is -0.165. The van der Waals surface area contributed by atoms with Crippen molar-refractivity contribution in [1.29, 1.82) is 0 Å². The number of aromatic hydroxyl groups is 1. The van der Waals surface area contributed by atoms with E-state index in [1.54, 1.807) is 23.3 Å². The first-order chi connectivity index (χ1) is 8.74. The van der Waals surface area contributed by atoms with Gasteiger partial charge in [0.15, 0.2) is 5.75 Å². The molecule has 0 aromatic carbocycles. The van der Waals surface area contributed by atoms with Crippen molar-refractivity contribution in [3.63, 3.8) is 0 Å².